The van der Waals surface area contributed by atoms with Crippen LogP contribution in [-0.4, -0.2) is 40.1 Å². The van der Waals surface area contributed by atoms with Gasteiger partial charge in [0.15, 0.2) is 17.3 Å². The van der Waals surface area contributed by atoms with Gasteiger partial charge in [0, 0.05) is 18.6 Å². The van der Waals surface area contributed by atoms with E-state index in [4.69, 9.17) is 21.1 Å². The Kier molecular flexibility index (Phi) is 5.86. The highest BCUT2D eigenvalue weighted by Gasteiger charge is 2.16. The highest BCUT2D eigenvalue weighted by atomic mass is 35.5. The van der Waals surface area contributed by atoms with Crippen LogP contribution in [0.4, 0.5) is 10.1 Å². The molecule has 1 aliphatic heterocycles. The summed E-state index contributed by atoms with van der Waals surface area (Å²) in [4.78, 5) is 16.5. The summed E-state index contributed by atoms with van der Waals surface area (Å²) in [5, 5.41) is 10.1. The first-order valence-corrected chi connectivity index (χ1v) is 10.2. The molecule has 0 unspecified atom stereocenters. The van der Waals surface area contributed by atoms with Crippen LogP contribution in [-0.2, 0) is 4.79 Å². The predicted octanol–water partition coefficient (Wildman–Crippen LogP) is 4.16. The number of halogens is 2. The maximum Gasteiger partial charge on any atom is 0.234 e. The van der Waals surface area contributed by atoms with E-state index in [1.807, 2.05) is 0 Å². The van der Waals surface area contributed by atoms with Crippen LogP contribution in [0.2, 0.25) is 5.02 Å². The second kappa shape index (κ2) is 8.71. The highest BCUT2D eigenvalue weighted by molar-refractivity contribution is 7.99. The zero-order chi connectivity index (χ0) is 20.2. The molecule has 2 aromatic carbocycles. The fourth-order valence-electron chi connectivity index (χ4n) is 2.68. The molecule has 0 bridgehead atoms. The van der Waals surface area contributed by atoms with Crippen LogP contribution in [0.15, 0.2) is 41.6 Å². The molecule has 10 heteroatoms. The molecule has 3 aromatic rings. The van der Waals surface area contributed by atoms with Gasteiger partial charge in [-0.3, -0.25) is 9.89 Å². The molecule has 29 heavy (non-hydrogen) atoms. The van der Waals surface area contributed by atoms with E-state index in [0.29, 0.717) is 52.0 Å². The van der Waals surface area contributed by atoms with E-state index in [-0.39, 0.29) is 11.7 Å². The lowest BCUT2D eigenvalue weighted by molar-refractivity contribution is -0.113. The number of nitrogens with one attached hydrogen (secondary N) is 2. The third-order valence-electron chi connectivity index (χ3n) is 4.04. The molecule has 7 nitrogen and oxygen atoms in total. The van der Waals surface area contributed by atoms with Crippen molar-refractivity contribution in [3.05, 3.63) is 47.2 Å². The number of hydrogen-bond acceptors (Lipinski definition) is 6. The number of anilines is 1. The number of fused-ring (bicyclic) bond motifs is 1. The maximum atomic E-state index is 13.8. The van der Waals surface area contributed by atoms with E-state index in [2.05, 4.69) is 20.5 Å². The fourth-order valence-corrected chi connectivity index (χ4v) is 3.48. The molecule has 1 aromatic heterocycles. The standard InChI is InChI=1S/C19H16ClFN4O3S/c20-12-8-15-16(28-7-3-6-27-15)9-14(12)22-17(26)10-29-19-23-18(24-25-19)11-4-1-2-5-13(11)21/h1-2,4-5,8-9H,3,6-7,10H2,(H,22,26)(H,23,24,25). The zero-order valence-corrected chi connectivity index (χ0v) is 16.6. The second-order valence-corrected chi connectivity index (χ2v) is 7.46. The molecule has 1 aliphatic rings. The van der Waals surface area contributed by atoms with Gasteiger partial charge in [0.05, 0.1) is 35.2 Å². The number of carbonyl (C=O) groups is 1. The van der Waals surface area contributed by atoms with Crippen LogP contribution >= 0.6 is 23.4 Å². The predicted molar refractivity (Wildman–Crippen MR) is 108 cm³/mol. The van der Waals surface area contributed by atoms with Crippen molar-refractivity contribution < 1.29 is 18.7 Å². The lowest BCUT2D eigenvalue weighted by atomic mass is 10.2. The van der Waals surface area contributed by atoms with Crippen LogP contribution in [0.1, 0.15) is 6.42 Å². The lowest BCUT2D eigenvalue weighted by Crippen LogP contribution is -2.14. The van der Waals surface area contributed by atoms with Gasteiger partial charge in [0.1, 0.15) is 5.82 Å². The Balaban J connectivity index is 1.39. The molecule has 0 saturated carbocycles. The first-order chi connectivity index (χ1) is 14.1. The number of aromatic amines is 1. The van der Waals surface area contributed by atoms with Crippen LogP contribution in [0, 0.1) is 5.82 Å². The van der Waals surface area contributed by atoms with Gasteiger partial charge < -0.3 is 14.8 Å². The van der Waals surface area contributed by atoms with Gasteiger partial charge in [-0.05, 0) is 12.1 Å². The molecule has 2 heterocycles. The molecule has 150 valence electrons. The van der Waals surface area contributed by atoms with Crippen molar-refractivity contribution in [1.82, 2.24) is 15.2 Å². The first kappa shape index (κ1) is 19.5. The van der Waals surface area contributed by atoms with Crippen LogP contribution in [0.3, 0.4) is 0 Å². The number of nitrogens with zero attached hydrogens (tertiary/aromatic N) is 2. The second-order valence-electron chi connectivity index (χ2n) is 6.11. The molecule has 0 spiro atoms. The summed E-state index contributed by atoms with van der Waals surface area (Å²) in [7, 11) is 0. The largest absolute Gasteiger partial charge is 0.490 e. The minimum Gasteiger partial charge on any atom is -0.490 e. The van der Waals surface area contributed by atoms with Gasteiger partial charge in [-0.1, -0.05) is 35.5 Å². The minimum atomic E-state index is -0.401. The maximum absolute atomic E-state index is 13.8. The topological polar surface area (TPSA) is 89.1 Å². The number of aromatic nitrogens is 3. The minimum absolute atomic E-state index is 0.0549. The van der Waals surface area contributed by atoms with E-state index in [1.54, 1.807) is 30.3 Å². The average Bonchev–Trinajstić information content (AvgIpc) is 3.06. The van der Waals surface area contributed by atoms with E-state index in [9.17, 15) is 9.18 Å². The molecule has 4 rings (SSSR count). The van der Waals surface area contributed by atoms with Crippen molar-refractivity contribution in [2.24, 2.45) is 0 Å². The van der Waals surface area contributed by atoms with Crippen molar-refractivity contribution in [2.45, 2.75) is 11.6 Å². The number of ether oxygens (including phenoxy) is 2. The molecular formula is C19H16ClFN4O3S. The molecular weight excluding hydrogens is 419 g/mol. The number of H-pyrrole nitrogens is 1. The SMILES string of the molecule is O=C(CSc1n[nH]c(-c2ccccc2F)n1)Nc1cc2c(cc1Cl)OCCCO2. The number of benzene rings is 2. The fraction of sp³-hybridized carbons (Fsp3) is 0.211. The van der Waals surface area contributed by atoms with E-state index >= 15 is 0 Å². The van der Waals surface area contributed by atoms with Gasteiger partial charge in [0.2, 0.25) is 11.1 Å². The number of thioether (sulfide) groups is 1. The number of carbonyl (C=O) groups excluding carboxylic acids is 1. The Morgan fingerprint density at radius 1 is 1.24 bits per heavy atom. The van der Waals surface area contributed by atoms with Gasteiger partial charge in [-0.25, -0.2) is 9.37 Å². The van der Waals surface area contributed by atoms with Crippen molar-refractivity contribution >= 4 is 35.0 Å². The number of amides is 1. The summed E-state index contributed by atoms with van der Waals surface area (Å²) < 4.78 is 25.0. The van der Waals surface area contributed by atoms with E-state index < -0.39 is 5.82 Å². The lowest BCUT2D eigenvalue weighted by Gasteiger charge is -2.12. The van der Waals surface area contributed by atoms with Crippen molar-refractivity contribution in [3.63, 3.8) is 0 Å². The van der Waals surface area contributed by atoms with Gasteiger partial charge in [-0.15, -0.1) is 5.10 Å². The van der Waals surface area contributed by atoms with E-state index in [1.165, 1.54) is 6.07 Å². The third-order valence-corrected chi connectivity index (χ3v) is 5.20. The summed E-state index contributed by atoms with van der Waals surface area (Å²) >= 11 is 7.36. The van der Waals surface area contributed by atoms with Gasteiger partial charge >= 0.3 is 0 Å². The molecule has 0 radical (unpaired) electrons. The highest BCUT2D eigenvalue weighted by Crippen LogP contribution is 2.37. The first-order valence-electron chi connectivity index (χ1n) is 8.79. The molecule has 0 saturated heterocycles. The average molecular weight is 435 g/mol. The third kappa shape index (κ3) is 4.63. The Bertz CT molecular complexity index is 1050. The summed E-state index contributed by atoms with van der Waals surface area (Å²) in [6.45, 7) is 1.09. The summed E-state index contributed by atoms with van der Waals surface area (Å²) in [6, 6.07) is 9.52. The molecule has 0 atom stereocenters. The van der Waals surface area contributed by atoms with E-state index in [0.717, 1.165) is 18.2 Å². The number of hydrogen-bond donors (Lipinski definition) is 2. The Morgan fingerprint density at radius 2 is 2.00 bits per heavy atom. The van der Waals surface area contributed by atoms with Crippen molar-refractivity contribution in [2.75, 3.05) is 24.3 Å². The Morgan fingerprint density at radius 3 is 2.79 bits per heavy atom. The van der Waals surface area contributed by atoms with Crippen LogP contribution < -0.4 is 14.8 Å². The summed E-state index contributed by atoms with van der Waals surface area (Å²) in [6.07, 6.45) is 0.774. The number of rotatable bonds is 5. The van der Waals surface area contributed by atoms with Gasteiger partial charge in [0.25, 0.3) is 0 Å². The molecule has 2 N–H and O–H groups in total. The van der Waals surface area contributed by atoms with Gasteiger partial charge in [-0.2, -0.15) is 0 Å². The molecule has 1 amide bonds. The van der Waals surface area contributed by atoms with Crippen LogP contribution in [0.5, 0.6) is 11.5 Å². The normalized spacial score (nSPS) is 13.0. The Labute approximate surface area is 175 Å². The van der Waals surface area contributed by atoms with Crippen LogP contribution in [0.25, 0.3) is 11.4 Å². The quantitative estimate of drug-likeness (QED) is 0.586. The monoisotopic (exact) mass is 434 g/mol. The smallest absolute Gasteiger partial charge is 0.234 e. The zero-order valence-electron chi connectivity index (χ0n) is 15.1. The van der Waals surface area contributed by atoms with Crippen molar-refractivity contribution in [1.29, 1.82) is 0 Å². The molecule has 0 fully saturated rings. The Hall–Kier alpha value is -2.78. The summed E-state index contributed by atoms with van der Waals surface area (Å²) in [5.74, 6) is 0.765. The molecule has 0 aliphatic carbocycles. The van der Waals surface area contributed by atoms with Crippen molar-refractivity contribution in [3.8, 4) is 22.9 Å². The summed E-state index contributed by atoms with van der Waals surface area (Å²) in [5.41, 5.74) is 0.749.